The zero-order valence-electron chi connectivity index (χ0n) is 9.77. The molecule has 0 radical (unpaired) electrons. The average Bonchev–Trinajstić information content (AvgIpc) is 2.14. The van der Waals surface area contributed by atoms with Crippen LogP contribution in [0, 0.1) is 5.92 Å². The third kappa shape index (κ3) is 18.7. The van der Waals surface area contributed by atoms with Crippen LogP contribution in [0.2, 0.25) is 0 Å². The molecule has 0 saturated heterocycles. The zero-order chi connectivity index (χ0) is 10.5. The van der Waals surface area contributed by atoms with Gasteiger partial charge in [0.25, 0.3) is 0 Å². The van der Waals surface area contributed by atoms with Crippen molar-refractivity contribution in [3.8, 4) is 0 Å². The highest BCUT2D eigenvalue weighted by Crippen LogP contribution is 2.04. The topological polar surface area (TPSA) is 32.3 Å². The molecule has 0 aliphatic carbocycles. The molecule has 0 aromatic rings. The van der Waals surface area contributed by atoms with Gasteiger partial charge in [0.05, 0.1) is 6.61 Å². The summed E-state index contributed by atoms with van der Waals surface area (Å²) in [6.45, 7) is 10.5. The monoisotopic (exact) mass is 189 g/mol. The van der Waals surface area contributed by atoms with E-state index < -0.39 is 0 Å². The quantitative estimate of drug-likeness (QED) is 0.603. The van der Waals surface area contributed by atoms with Gasteiger partial charge >= 0.3 is 0 Å². The third-order valence-electron chi connectivity index (χ3n) is 1.67. The van der Waals surface area contributed by atoms with E-state index in [1.54, 1.807) is 0 Å². The van der Waals surface area contributed by atoms with Gasteiger partial charge in [-0.1, -0.05) is 40.5 Å². The molecule has 0 amide bonds. The van der Waals surface area contributed by atoms with Crippen molar-refractivity contribution in [2.75, 3.05) is 19.7 Å². The third-order valence-corrected chi connectivity index (χ3v) is 1.67. The van der Waals surface area contributed by atoms with Crippen LogP contribution < -0.4 is 5.32 Å². The van der Waals surface area contributed by atoms with Gasteiger partial charge in [0, 0.05) is 6.54 Å². The minimum Gasteiger partial charge on any atom is -0.395 e. The molecule has 13 heavy (non-hydrogen) atoms. The smallest absolute Gasteiger partial charge is 0.0555 e. The van der Waals surface area contributed by atoms with E-state index >= 15 is 0 Å². The summed E-state index contributed by atoms with van der Waals surface area (Å²) in [5.74, 6) is 0.827. The van der Waals surface area contributed by atoms with Gasteiger partial charge in [-0.05, 0) is 18.9 Å². The van der Waals surface area contributed by atoms with Crippen molar-refractivity contribution in [2.24, 2.45) is 5.92 Å². The summed E-state index contributed by atoms with van der Waals surface area (Å²) in [7, 11) is 0. The van der Waals surface area contributed by atoms with Gasteiger partial charge in [-0.15, -0.1) is 0 Å². The normalized spacial score (nSPS) is 9.69. The van der Waals surface area contributed by atoms with Gasteiger partial charge in [0.2, 0.25) is 0 Å². The summed E-state index contributed by atoms with van der Waals surface area (Å²) in [5.41, 5.74) is 0. The van der Waals surface area contributed by atoms with Crippen molar-refractivity contribution in [3.63, 3.8) is 0 Å². The summed E-state index contributed by atoms with van der Waals surface area (Å²) >= 11 is 0. The highest BCUT2D eigenvalue weighted by Gasteiger charge is 1.92. The standard InChI is InChI=1S/C9H21NO.C2H6/c1-9(2)5-3-4-6-10-7-8-11;1-2/h9-11H,3-8H2,1-2H3;1-2H3. The van der Waals surface area contributed by atoms with Crippen molar-refractivity contribution >= 4 is 0 Å². The predicted molar refractivity (Wildman–Crippen MR) is 60.0 cm³/mol. The predicted octanol–water partition coefficient (Wildman–Crippen LogP) is 2.42. The number of hydrogen-bond donors (Lipinski definition) is 2. The Labute approximate surface area is 83.7 Å². The molecule has 82 valence electrons. The van der Waals surface area contributed by atoms with Gasteiger partial charge in [0.15, 0.2) is 0 Å². The fourth-order valence-corrected chi connectivity index (χ4v) is 1.01. The van der Waals surface area contributed by atoms with Gasteiger partial charge < -0.3 is 10.4 Å². The Kier molecular flexibility index (Phi) is 17.1. The molecule has 0 aliphatic rings. The molecule has 2 heteroatoms. The van der Waals surface area contributed by atoms with E-state index in [1.807, 2.05) is 13.8 Å². The average molecular weight is 189 g/mol. The lowest BCUT2D eigenvalue weighted by Crippen LogP contribution is -2.19. The highest BCUT2D eigenvalue weighted by atomic mass is 16.3. The minimum atomic E-state index is 0.254. The molecule has 0 spiro atoms. The Bertz CT molecular complexity index is 74.5. The maximum Gasteiger partial charge on any atom is 0.0555 e. The van der Waals surface area contributed by atoms with Crippen LogP contribution in [0.3, 0.4) is 0 Å². The Balaban J connectivity index is 0. The SMILES string of the molecule is CC.CC(C)CCCCNCCO. The van der Waals surface area contributed by atoms with Crippen molar-refractivity contribution in [1.29, 1.82) is 0 Å². The van der Waals surface area contributed by atoms with E-state index in [0.717, 1.165) is 19.0 Å². The van der Waals surface area contributed by atoms with Crippen molar-refractivity contribution < 1.29 is 5.11 Å². The zero-order valence-corrected chi connectivity index (χ0v) is 9.77. The van der Waals surface area contributed by atoms with E-state index in [2.05, 4.69) is 19.2 Å². The fraction of sp³-hybridized carbons (Fsp3) is 1.00. The first-order chi connectivity index (χ1) is 6.27. The summed E-state index contributed by atoms with van der Waals surface area (Å²) in [6.07, 6.45) is 3.86. The van der Waals surface area contributed by atoms with Gasteiger partial charge in [0.1, 0.15) is 0 Å². The summed E-state index contributed by atoms with van der Waals surface area (Å²) in [4.78, 5) is 0. The Morgan fingerprint density at radius 3 is 2.15 bits per heavy atom. The second-order valence-electron chi connectivity index (χ2n) is 3.36. The number of aliphatic hydroxyl groups is 1. The first-order valence-corrected chi connectivity index (χ1v) is 5.59. The van der Waals surface area contributed by atoms with Crippen LogP contribution in [0.1, 0.15) is 47.0 Å². The summed E-state index contributed by atoms with van der Waals surface area (Å²) in [5, 5.41) is 11.6. The Hall–Kier alpha value is -0.0800. The Morgan fingerprint density at radius 2 is 1.69 bits per heavy atom. The molecule has 0 aromatic carbocycles. The molecule has 0 aliphatic heterocycles. The van der Waals surface area contributed by atoms with Crippen LogP contribution in [0.15, 0.2) is 0 Å². The van der Waals surface area contributed by atoms with Crippen LogP contribution >= 0.6 is 0 Å². The van der Waals surface area contributed by atoms with Gasteiger partial charge in [-0.2, -0.15) is 0 Å². The lowest BCUT2D eigenvalue weighted by Gasteiger charge is -2.04. The van der Waals surface area contributed by atoms with E-state index in [4.69, 9.17) is 5.11 Å². The molecule has 0 bridgehead atoms. The fourth-order valence-electron chi connectivity index (χ4n) is 1.01. The lowest BCUT2D eigenvalue weighted by atomic mass is 10.1. The molecule has 0 saturated carbocycles. The van der Waals surface area contributed by atoms with Gasteiger partial charge in [-0.25, -0.2) is 0 Å². The van der Waals surface area contributed by atoms with E-state index in [1.165, 1.54) is 19.3 Å². The maximum absolute atomic E-state index is 8.45. The first kappa shape index (κ1) is 15.4. The number of hydrogen-bond acceptors (Lipinski definition) is 2. The minimum absolute atomic E-state index is 0.254. The molecule has 2 N–H and O–H groups in total. The van der Waals surface area contributed by atoms with Crippen LogP contribution in [-0.4, -0.2) is 24.8 Å². The van der Waals surface area contributed by atoms with Crippen LogP contribution in [-0.2, 0) is 0 Å². The molecule has 0 fully saturated rings. The van der Waals surface area contributed by atoms with Crippen molar-refractivity contribution in [1.82, 2.24) is 5.32 Å². The molecular weight excluding hydrogens is 162 g/mol. The van der Waals surface area contributed by atoms with E-state index in [0.29, 0.717) is 0 Å². The summed E-state index contributed by atoms with van der Waals surface area (Å²) < 4.78 is 0. The van der Waals surface area contributed by atoms with Gasteiger partial charge in [-0.3, -0.25) is 0 Å². The second-order valence-corrected chi connectivity index (χ2v) is 3.36. The van der Waals surface area contributed by atoms with Crippen LogP contribution in [0.5, 0.6) is 0 Å². The summed E-state index contributed by atoms with van der Waals surface area (Å²) in [6, 6.07) is 0. The molecular formula is C11H27NO. The van der Waals surface area contributed by atoms with E-state index in [9.17, 15) is 0 Å². The van der Waals surface area contributed by atoms with Crippen LogP contribution in [0.4, 0.5) is 0 Å². The maximum atomic E-state index is 8.45. The largest absolute Gasteiger partial charge is 0.395 e. The first-order valence-electron chi connectivity index (χ1n) is 5.59. The molecule has 0 unspecified atom stereocenters. The number of nitrogens with one attached hydrogen (secondary N) is 1. The van der Waals surface area contributed by atoms with Crippen LogP contribution in [0.25, 0.3) is 0 Å². The van der Waals surface area contributed by atoms with E-state index in [-0.39, 0.29) is 6.61 Å². The molecule has 0 rings (SSSR count). The molecule has 0 heterocycles. The molecule has 2 nitrogen and oxygen atoms in total. The molecule has 0 aromatic heterocycles. The Morgan fingerprint density at radius 1 is 1.08 bits per heavy atom. The number of aliphatic hydroxyl groups excluding tert-OH is 1. The highest BCUT2D eigenvalue weighted by molar-refractivity contribution is 4.49. The number of rotatable bonds is 7. The molecule has 0 atom stereocenters. The van der Waals surface area contributed by atoms with Crippen molar-refractivity contribution in [2.45, 2.75) is 47.0 Å². The lowest BCUT2D eigenvalue weighted by molar-refractivity contribution is 0.291. The number of unbranched alkanes of at least 4 members (excludes halogenated alkanes) is 1. The van der Waals surface area contributed by atoms with Crippen molar-refractivity contribution in [3.05, 3.63) is 0 Å². The second kappa shape index (κ2) is 14.4.